The SMILES string of the molecule is CC1CCN(CC(=O)N2CCS(=O)(=O)C[C@@H]2c2cnn(C)c2)CC1. The van der Waals surface area contributed by atoms with Crippen LogP contribution in [0.5, 0.6) is 0 Å². The molecule has 2 saturated heterocycles. The Hall–Kier alpha value is -1.41. The Balaban J connectivity index is 1.72. The molecule has 0 spiro atoms. The molecular weight excluding hydrogens is 328 g/mol. The molecule has 3 heterocycles. The van der Waals surface area contributed by atoms with E-state index in [4.69, 9.17) is 0 Å². The second-order valence-corrected chi connectivity index (χ2v) is 9.35. The van der Waals surface area contributed by atoms with E-state index in [0.29, 0.717) is 6.54 Å². The molecule has 0 saturated carbocycles. The molecule has 0 aromatic carbocycles. The average molecular weight is 354 g/mol. The first kappa shape index (κ1) is 17.4. The Bertz CT molecular complexity index is 692. The van der Waals surface area contributed by atoms with Crippen LogP contribution in [0.1, 0.15) is 31.4 Å². The third kappa shape index (κ3) is 3.97. The standard InChI is InChI=1S/C16H26N4O3S/c1-13-3-5-19(6-4-13)11-16(21)20-7-8-24(22,23)12-15(20)14-9-17-18(2)10-14/h9-10,13,15H,3-8,11-12H2,1-2H3/t15-/m1/s1. The van der Waals surface area contributed by atoms with E-state index in [0.717, 1.165) is 37.4 Å². The van der Waals surface area contributed by atoms with Crippen LogP contribution in [-0.4, -0.2) is 71.6 Å². The molecule has 0 bridgehead atoms. The van der Waals surface area contributed by atoms with Crippen LogP contribution in [0.4, 0.5) is 0 Å². The van der Waals surface area contributed by atoms with Gasteiger partial charge < -0.3 is 4.90 Å². The summed E-state index contributed by atoms with van der Waals surface area (Å²) >= 11 is 0. The van der Waals surface area contributed by atoms with Crippen LogP contribution in [-0.2, 0) is 21.7 Å². The second kappa shape index (κ2) is 6.84. The first-order valence-corrected chi connectivity index (χ1v) is 10.4. The van der Waals surface area contributed by atoms with Gasteiger partial charge in [0.25, 0.3) is 0 Å². The van der Waals surface area contributed by atoms with Crippen LogP contribution in [0.25, 0.3) is 0 Å². The fourth-order valence-electron chi connectivity index (χ4n) is 3.50. The van der Waals surface area contributed by atoms with Crippen LogP contribution in [0.15, 0.2) is 12.4 Å². The Kier molecular flexibility index (Phi) is 4.96. The smallest absolute Gasteiger partial charge is 0.237 e. The summed E-state index contributed by atoms with van der Waals surface area (Å²) in [5, 5.41) is 4.13. The van der Waals surface area contributed by atoms with Gasteiger partial charge in [-0.1, -0.05) is 6.92 Å². The summed E-state index contributed by atoms with van der Waals surface area (Å²) in [5.74, 6) is 0.779. The van der Waals surface area contributed by atoms with E-state index in [1.54, 1.807) is 29.0 Å². The number of carbonyl (C=O) groups is 1. The summed E-state index contributed by atoms with van der Waals surface area (Å²) in [5.41, 5.74) is 0.793. The fraction of sp³-hybridized carbons (Fsp3) is 0.750. The van der Waals surface area contributed by atoms with Gasteiger partial charge in [0.2, 0.25) is 5.91 Å². The van der Waals surface area contributed by atoms with Gasteiger partial charge in [0.1, 0.15) is 0 Å². The van der Waals surface area contributed by atoms with E-state index in [1.807, 2.05) is 0 Å². The van der Waals surface area contributed by atoms with E-state index in [9.17, 15) is 13.2 Å². The van der Waals surface area contributed by atoms with E-state index in [2.05, 4.69) is 16.9 Å². The number of piperidine rings is 1. The minimum absolute atomic E-state index is 0.0124. The second-order valence-electron chi connectivity index (χ2n) is 7.12. The van der Waals surface area contributed by atoms with Gasteiger partial charge in [-0.05, 0) is 31.8 Å². The molecule has 0 unspecified atom stereocenters. The predicted octanol–water partition coefficient (Wildman–Crippen LogP) is 0.450. The van der Waals surface area contributed by atoms with Gasteiger partial charge in [-0.3, -0.25) is 14.4 Å². The van der Waals surface area contributed by atoms with E-state index in [1.165, 1.54) is 0 Å². The monoisotopic (exact) mass is 354 g/mol. The number of amides is 1. The normalized spacial score (nSPS) is 25.8. The van der Waals surface area contributed by atoms with Crippen molar-refractivity contribution < 1.29 is 13.2 Å². The van der Waals surface area contributed by atoms with Gasteiger partial charge in [-0.25, -0.2) is 8.42 Å². The number of nitrogens with zero attached hydrogens (tertiary/aromatic N) is 4. The van der Waals surface area contributed by atoms with Gasteiger partial charge in [0, 0.05) is 25.4 Å². The minimum atomic E-state index is -3.12. The van der Waals surface area contributed by atoms with Crippen LogP contribution in [0, 0.1) is 5.92 Å². The number of hydrogen-bond acceptors (Lipinski definition) is 5. The molecule has 8 heteroatoms. The number of aryl methyl sites for hydroxylation is 1. The van der Waals surface area contributed by atoms with Crippen molar-refractivity contribution in [2.45, 2.75) is 25.8 Å². The van der Waals surface area contributed by atoms with E-state index >= 15 is 0 Å². The van der Waals surface area contributed by atoms with Crippen molar-refractivity contribution in [3.63, 3.8) is 0 Å². The number of likely N-dealkylation sites (tertiary alicyclic amines) is 1. The lowest BCUT2D eigenvalue weighted by Crippen LogP contribution is -2.50. The quantitative estimate of drug-likeness (QED) is 0.788. The summed E-state index contributed by atoms with van der Waals surface area (Å²) < 4.78 is 25.8. The molecular formula is C16H26N4O3S. The highest BCUT2D eigenvalue weighted by atomic mass is 32.2. The summed E-state index contributed by atoms with van der Waals surface area (Å²) in [6.07, 6.45) is 5.70. The lowest BCUT2D eigenvalue weighted by Gasteiger charge is -2.37. The number of hydrogen-bond donors (Lipinski definition) is 0. The van der Waals surface area contributed by atoms with Crippen LogP contribution >= 0.6 is 0 Å². The molecule has 1 amide bonds. The van der Waals surface area contributed by atoms with Gasteiger partial charge in [-0.15, -0.1) is 0 Å². The van der Waals surface area contributed by atoms with Crippen molar-refractivity contribution in [1.82, 2.24) is 19.6 Å². The topological polar surface area (TPSA) is 75.5 Å². The Morgan fingerprint density at radius 2 is 2.00 bits per heavy atom. The third-order valence-corrected chi connectivity index (χ3v) is 6.72. The van der Waals surface area contributed by atoms with Crippen LogP contribution < -0.4 is 0 Å². The van der Waals surface area contributed by atoms with Crippen LogP contribution in [0.3, 0.4) is 0 Å². The molecule has 1 aromatic rings. The summed E-state index contributed by atoms with van der Waals surface area (Å²) in [6.45, 7) is 4.77. The average Bonchev–Trinajstić information content (AvgIpc) is 2.95. The third-order valence-electron chi connectivity index (χ3n) is 5.10. The molecule has 0 N–H and O–H groups in total. The van der Waals surface area contributed by atoms with Gasteiger partial charge in [-0.2, -0.15) is 5.10 Å². The summed E-state index contributed by atoms with van der Waals surface area (Å²) in [7, 11) is -1.33. The van der Waals surface area contributed by atoms with Crippen molar-refractivity contribution in [2.75, 3.05) is 37.7 Å². The molecule has 7 nitrogen and oxygen atoms in total. The summed E-state index contributed by atoms with van der Waals surface area (Å²) in [6, 6.07) is -0.423. The predicted molar refractivity (Wildman–Crippen MR) is 91.2 cm³/mol. The summed E-state index contributed by atoms with van der Waals surface area (Å²) in [4.78, 5) is 16.7. The zero-order chi connectivity index (χ0) is 17.3. The van der Waals surface area contributed by atoms with Crippen molar-refractivity contribution in [3.05, 3.63) is 18.0 Å². The van der Waals surface area contributed by atoms with E-state index in [-0.39, 0.29) is 24.0 Å². The molecule has 0 aliphatic carbocycles. The maximum atomic E-state index is 12.8. The van der Waals surface area contributed by atoms with Crippen molar-refractivity contribution in [3.8, 4) is 0 Å². The number of sulfone groups is 1. The Morgan fingerprint density at radius 1 is 1.29 bits per heavy atom. The van der Waals surface area contributed by atoms with Crippen molar-refractivity contribution >= 4 is 15.7 Å². The van der Waals surface area contributed by atoms with E-state index < -0.39 is 15.9 Å². The zero-order valence-corrected chi connectivity index (χ0v) is 15.2. The molecule has 24 heavy (non-hydrogen) atoms. The number of carbonyl (C=O) groups excluding carboxylic acids is 1. The van der Waals surface area contributed by atoms with Crippen molar-refractivity contribution in [2.24, 2.45) is 13.0 Å². The number of rotatable bonds is 3. The van der Waals surface area contributed by atoms with Crippen LogP contribution in [0.2, 0.25) is 0 Å². The van der Waals surface area contributed by atoms with Gasteiger partial charge >= 0.3 is 0 Å². The maximum absolute atomic E-state index is 12.8. The van der Waals surface area contributed by atoms with Gasteiger partial charge in [0.15, 0.2) is 9.84 Å². The van der Waals surface area contributed by atoms with Gasteiger partial charge in [0.05, 0.1) is 30.3 Å². The Labute approximate surface area is 143 Å². The molecule has 2 aliphatic rings. The molecule has 0 radical (unpaired) electrons. The lowest BCUT2D eigenvalue weighted by atomic mass is 9.99. The first-order valence-electron chi connectivity index (χ1n) is 8.55. The maximum Gasteiger partial charge on any atom is 0.237 e. The highest BCUT2D eigenvalue weighted by molar-refractivity contribution is 7.91. The molecule has 1 aromatic heterocycles. The fourth-order valence-corrected chi connectivity index (χ4v) is 4.99. The molecule has 2 aliphatic heterocycles. The Morgan fingerprint density at radius 3 is 2.62 bits per heavy atom. The lowest BCUT2D eigenvalue weighted by molar-refractivity contribution is -0.134. The molecule has 3 rings (SSSR count). The highest BCUT2D eigenvalue weighted by Gasteiger charge is 2.36. The minimum Gasteiger partial charge on any atom is -0.332 e. The first-order chi connectivity index (χ1) is 11.3. The van der Waals surface area contributed by atoms with Crippen molar-refractivity contribution in [1.29, 1.82) is 0 Å². The number of aromatic nitrogens is 2. The highest BCUT2D eigenvalue weighted by Crippen LogP contribution is 2.27. The molecule has 134 valence electrons. The molecule has 1 atom stereocenters. The largest absolute Gasteiger partial charge is 0.332 e. The molecule has 2 fully saturated rings. The zero-order valence-electron chi connectivity index (χ0n) is 14.4.